The Bertz CT molecular complexity index is 1010. The molecule has 1 N–H and O–H groups in total. The zero-order valence-electron chi connectivity index (χ0n) is 17.6. The van der Waals surface area contributed by atoms with E-state index in [9.17, 15) is 4.79 Å². The fourth-order valence-electron chi connectivity index (χ4n) is 4.36. The van der Waals surface area contributed by atoms with Crippen LogP contribution in [0.2, 0.25) is 0 Å². The molecular formula is C24H30N4O. The van der Waals surface area contributed by atoms with E-state index < -0.39 is 0 Å². The van der Waals surface area contributed by atoms with Gasteiger partial charge in [-0.25, -0.2) is 4.98 Å². The zero-order chi connectivity index (χ0) is 20.4. The number of carbonyl (C=O) groups is 1. The number of nitrogens with one attached hydrogen (secondary N) is 1. The van der Waals surface area contributed by atoms with Gasteiger partial charge >= 0.3 is 0 Å². The molecule has 5 nitrogen and oxygen atoms in total. The van der Waals surface area contributed by atoms with Crippen LogP contribution >= 0.6 is 0 Å². The van der Waals surface area contributed by atoms with Gasteiger partial charge < -0.3 is 9.88 Å². The highest BCUT2D eigenvalue weighted by Crippen LogP contribution is 2.25. The summed E-state index contributed by atoms with van der Waals surface area (Å²) in [5, 5.41) is 3.10. The number of anilines is 1. The second kappa shape index (κ2) is 8.37. The fourth-order valence-corrected chi connectivity index (χ4v) is 4.36. The average molecular weight is 391 g/mol. The summed E-state index contributed by atoms with van der Waals surface area (Å²) in [5.41, 5.74) is 4.26. The first-order valence-corrected chi connectivity index (χ1v) is 10.6. The quantitative estimate of drug-likeness (QED) is 0.682. The summed E-state index contributed by atoms with van der Waals surface area (Å²) in [6.07, 6.45) is 1.97. The molecule has 0 aliphatic carbocycles. The molecule has 5 heteroatoms. The summed E-state index contributed by atoms with van der Waals surface area (Å²) in [4.78, 5) is 20.1. The van der Waals surface area contributed by atoms with Crippen LogP contribution < -0.4 is 5.32 Å². The predicted molar refractivity (Wildman–Crippen MR) is 118 cm³/mol. The Morgan fingerprint density at radius 2 is 2.03 bits per heavy atom. The number of carbonyl (C=O) groups excluding carboxylic acids is 1. The average Bonchev–Trinajstić information content (AvgIpc) is 3.06. The van der Waals surface area contributed by atoms with Gasteiger partial charge in [-0.05, 0) is 70.0 Å². The molecule has 0 bridgehead atoms. The Morgan fingerprint density at radius 1 is 1.21 bits per heavy atom. The number of piperidine rings is 1. The molecule has 0 spiro atoms. The number of para-hydroxylation sites is 2. The maximum atomic E-state index is 12.8. The van der Waals surface area contributed by atoms with Gasteiger partial charge in [-0.1, -0.05) is 24.3 Å². The molecule has 1 aliphatic rings. The molecule has 0 unspecified atom stereocenters. The van der Waals surface area contributed by atoms with Crippen molar-refractivity contribution in [2.24, 2.45) is 5.92 Å². The van der Waals surface area contributed by atoms with Gasteiger partial charge in [0.1, 0.15) is 5.82 Å². The van der Waals surface area contributed by atoms with Crippen LogP contribution in [0.15, 0.2) is 48.5 Å². The summed E-state index contributed by atoms with van der Waals surface area (Å²) < 4.78 is 2.33. The molecule has 1 fully saturated rings. The van der Waals surface area contributed by atoms with E-state index in [1.165, 1.54) is 5.52 Å². The van der Waals surface area contributed by atoms with Gasteiger partial charge in [0.15, 0.2) is 0 Å². The van der Waals surface area contributed by atoms with Crippen LogP contribution in [0.4, 0.5) is 5.69 Å². The van der Waals surface area contributed by atoms with Crippen molar-refractivity contribution in [1.82, 2.24) is 14.5 Å². The van der Waals surface area contributed by atoms with Crippen molar-refractivity contribution in [2.45, 2.75) is 46.2 Å². The van der Waals surface area contributed by atoms with Gasteiger partial charge in [-0.3, -0.25) is 9.69 Å². The van der Waals surface area contributed by atoms with Crippen LogP contribution in [-0.4, -0.2) is 33.4 Å². The molecule has 2 aromatic carbocycles. The molecule has 0 radical (unpaired) electrons. The van der Waals surface area contributed by atoms with Crippen molar-refractivity contribution in [2.75, 3.05) is 18.4 Å². The van der Waals surface area contributed by atoms with Gasteiger partial charge in [-0.2, -0.15) is 0 Å². The molecule has 1 atom stereocenters. The van der Waals surface area contributed by atoms with E-state index in [4.69, 9.17) is 4.98 Å². The van der Waals surface area contributed by atoms with E-state index >= 15 is 0 Å². The molecule has 4 rings (SSSR count). The van der Waals surface area contributed by atoms with Crippen molar-refractivity contribution in [3.63, 3.8) is 0 Å². The lowest BCUT2D eigenvalue weighted by Gasteiger charge is -2.32. The lowest BCUT2D eigenvalue weighted by Crippen LogP contribution is -2.40. The van der Waals surface area contributed by atoms with Crippen molar-refractivity contribution in [1.29, 1.82) is 0 Å². The van der Waals surface area contributed by atoms with E-state index in [1.54, 1.807) is 0 Å². The van der Waals surface area contributed by atoms with Crippen LogP contribution in [0.25, 0.3) is 11.0 Å². The Hall–Kier alpha value is -2.66. The molecule has 1 amide bonds. The molecule has 29 heavy (non-hydrogen) atoms. The number of aryl methyl sites for hydroxylation is 1. The molecule has 152 valence electrons. The Labute approximate surface area is 172 Å². The van der Waals surface area contributed by atoms with Gasteiger partial charge in [0.25, 0.3) is 0 Å². The van der Waals surface area contributed by atoms with E-state index in [0.717, 1.165) is 55.1 Å². The third-order valence-electron chi connectivity index (χ3n) is 5.71. The van der Waals surface area contributed by atoms with Crippen molar-refractivity contribution in [3.8, 4) is 0 Å². The number of rotatable bonds is 5. The van der Waals surface area contributed by atoms with Crippen LogP contribution in [-0.2, 0) is 11.3 Å². The van der Waals surface area contributed by atoms with Gasteiger partial charge in [-0.15, -0.1) is 0 Å². The van der Waals surface area contributed by atoms with Crippen LogP contribution in [0.1, 0.15) is 44.1 Å². The van der Waals surface area contributed by atoms with Crippen molar-refractivity contribution in [3.05, 3.63) is 59.9 Å². The van der Waals surface area contributed by atoms with E-state index in [-0.39, 0.29) is 11.8 Å². The first kappa shape index (κ1) is 19.6. The molecule has 1 aliphatic heterocycles. The summed E-state index contributed by atoms with van der Waals surface area (Å²) in [5.74, 6) is 1.22. The Balaban J connectivity index is 1.47. The van der Waals surface area contributed by atoms with Crippen molar-refractivity contribution < 1.29 is 4.79 Å². The molecule has 0 saturated carbocycles. The normalized spacial score (nSPS) is 17.7. The van der Waals surface area contributed by atoms with Gasteiger partial charge in [0.05, 0.1) is 23.5 Å². The number of benzene rings is 2. The number of aromatic nitrogens is 2. The number of amides is 1. The molecule has 1 aromatic heterocycles. The number of fused-ring (bicyclic) bond motifs is 1. The minimum atomic E-state index is 0.0149. The maximum absolute atomic E-state index is 12.8. The lowest BCUT2D eigenvalue weighted by atomic mass is 9.97. The predicted octanol–water partition coefficient (Wildman–Crippen LogP) is 4.78. The Morgan fingerprint density at radius 3 is 2.83 bits per heavy atom. The smallest absolute Gasteiger partial charge is 0.228 e. The Kier molecular flexibility index (Phi) is 5.67. The van der Waals surface area contributed by atoms with Crippen LogP contribution in [0, 0.1) is 12.8 Å². The van der Waals surface area contributed by atoms with E-state index in [1.807, 2.05) is 37.3 Å². The van der Waals surface area contributed by atoms with E-state index in [2.05, 4.69) is 46.8 Å². The number of hydrogen-bond acceptors (Lipinski definition) is 3. The summed E-state index contributed by atoms with van der Waals surface area (Å²) in [7, 11) is 0. The SMILES string of the molecule is Cc1cccc(NC(=O)[C@@H]2CCCN(Cc3nc4ccccc4n3C(C)C)C2)c1. The van der Waals surface area contributed by atoms with E-state index in [0.29, 0.717) is 6.04 Å². The third kappa shape index (κ3) is 4.35. The molecule has 1 saturated heterocycles. The standard InChI is InChI=1S/C24H30N4O/c1-17(2)28-22-12-5-4-11-21(22)26-23(28)16-27-13-7-9-19(15-27)24(29)25-20-10-6-8-18(3)14-20/h4-6,8,10-12,14,17,19H,7,9,13,15-16H2,1-3H3,(H,25,29)/t19-/m1/s1. The minimum Gasteiger partial charge on any atom is -0.326 e. The number of hydrogen-bond donors (Lipinski definition) is 1. The first-order chi connectivity index (χ1) is 14.0. The molecule has 3 aromatic rings. The van der Waals surface area contributed by atoms with Crippen molar-refractivity contribution >= 4 is 22.6 Å². The summed E-state index contributed by atoms with van der Waals surface area (Å²) >= 11 is 0. The third-order valence-corrected chi connectivity index (χ3v) is 5.71. The lowest BCUT2D eigenvalue weighted by molar-refractivity contribution is -0.121. The first-order valence-electron chi connectivity index (χ1n) is 10.6. The number of likely N-dealkylation sites (tertiary alicyclic amines) is 1. The number of nitrogens with zero attached hydrogens (tertiary/aromatic N) is 3. The zero-order valence-corrected chi connectivity index (χ0v) is 17.6. The summed E-state index contributed by atoms with van der Waals surface area (Å²) in [6, 6.07) is 16.7. The highest BCUT2D eigenvalue weighted by Gasteiger charge is 2.27. The van der Waals surface area contributed by atoms with Gasteiger partial charge in [0, 0.05) is 18.3 Å². The second-order valence-electron chi connectivity index (χ2n) is 8.41. The largest absolute Gasteiger partial charge is 0.326 e. The molecule has 2 heterocycles. The highest BCUT2D eigenvalue weighted by atomic mass is 16.1. The minimum absolute atomic E-state index is 0.0149. The van der Waals surface area contributed by atoms with Crippen LogP contribution in [0.5, 0.6) is 0 Å². The molecular weight excluding hydrogens is 360 g/mol. The van der Waals surface area contributed by atoms with Crippen LogP contribution in [0.3, 0.4) is 0 Å². The second-order valence-corrected chi connectivity index (χ2v) is 8.41. The monoisotopic (exact) mass is 390 g/mol. The highest BCUT2D eigenvalue weighted by molar-refractivity contribution is 5.92. The summed E-state index contributed by atoms with van der Waals surface area (Å²) in [6.45, 7) is 9.01. The number of imidazole rings is 1. The maximum Gasteiger partial charge on any atom is 0.228 e. The van der Waals surface area contributed by atoms with Gasteiger partial charge in [0.2, 0.25) is 5.91 Å². The topological polar surface area (TPSA) is 50.2 Å². The fraction of sp³-hybridized carbons (Fsp3) is 0.417.